The molecule has 4 heteroatoms. The van der Waals surface area contributed by atoms with Crippen molar-refractivity contribution in [3.05, 3.63) is 47.1 Å². The van der Waals surface area contributed by atoms with Crippen molar-refractivity contribution >= 4 is 34.5 Å². The van der Waals surface area contributed by atoms with Gasteiger partial charge in [-0.15, -0.1) is 0 Å². The molecular formula is C14H12ClNO2. The Morgan fingerprint density at radius 3 is 3.00 bits per heavy atom. The molecule has 0 radical (unpaired) electrons. The lowest BCUT2D eigenvalue weighted by molar-refractivity contribution is -0.137. The van der Waals surface area contributed by atoms with Gasteiger partial charge in [0.15, 0.2) is 0 Å². The normalized spacial score (nSPS) is 11.0. The van der Waals surface area contributed by atoms with Crippen molar-refractivity contribution in [2.45, 2.75) is 6.92 Å². The summed E-state index contributed by atoms with van der Waals surface area (Å²) in [4.78, 5) is 15.4. The quantitative estimate of drug-likeness (QED) is 0.482. The summed E-state index contributed by atoms with van der Waals surface area (Å²) >= 11 is 5.81. The van der Waals surface area contributed by atoms with Gasteiger partial charge in [-0.2, -0.15) is 0 Å². The molecule has 0 unspecified atom stereocenters. The van der Waals surface area contributed by atoms with E-state index in [1.54, 1.807) is 19.1 Å². The Bertz CT molecular complexity index is 608. The van der Waals surface area contributed by atoms with Crippen LogP contribution >= 0.6 is 11.6 Å². The lowest BCUT2D eigenvalue weighted by Crippen LogP contribution is -1.98. The van der Waals surface area contributed by atoms with Crippen LogP contribution in [0.4, 0.5) is 0 Å². The van der Waals surface area contributed by atoms with E-state index in [2.05, 4.69) is 4.98 Å². The molecule has 0 bridgehead atoms. The summed E-state index contributed by atoms with van der Waals surface area (Å²) in [6, 6.07) is 9.32. The zero-order valence-electron chi connectivity index (χ0n) is 9.89. The van der Waals surface area contributed by atoms with Crippen LogP contribution in [-0.2, 0) is 9.53 Å². The number of hydrogen-bond acceptors (Lipinski definition) is 3. The van der Waals surface area contributed by atoms with E-state index in [1.165, 1.54) is 6.08 Å². The fourth-order valence-corrected chi connectivity index (χ4v) is 1.73. The number of fused-ring (bicyclic) bond motifs is 1. The number of esters is 1. The number of ether oxygens (including phenoxy) is 1. The molecule has 1 aromatic heterocycles. The second-order valence-electron chi connectivity index (χ2n) is 3.67. The van der Waals surface area contributed by atoms with Gasteiger partial charge in [0.05, 0.1) is 12.1 Å². The highest BCUT2D eigenvalue weighted by Gasteiger charge is 1.98. The molecule has 0 aliphatic carbocycles. The summed E-state index contributed by atoms with van der Waals surface area (Å²) in [6.07, 6.45) is 3.13. The first kappa shape index (κ1) is 12.6. The number of halogens is 1. The van der Waals surface area contributed by atoms with Gasteiger partial charge < -0.3 is 4.74 Å². The first-order valence-electron chi connectivity index (χ1n) is 5.60. The molecule has 18 heavy (non-hydrogen) atoms. The minimum Gasteiger partial charge on any atom is -0.463 e. The molecule has 0 saturated heterocycles. The SMILES string of the molecule is CCOC(=O)C=Cc1ccc2nc(Cl)ccc2c1. The van der Waals surface area contributed by atoms with Crippen molar-refractivity contribution < 1.29 is 9.53 Å². The third-order valence-electron chi connectivity index (χ3n) is 2.38. The van der Waals surface area contributed by atoms with E-state index in [-0.39, 0.29) is 5.97 Å². The number of carbonyl (C=O) groups is 1. The van der Waals surface area contributed by atoms with Crippen LogP contribution in [0.3, 0.4) is 0 Å². The molecule has 0 spiro atoms. The van der Waals surface area contributed by atoms with Gasteiger partial charge in [-0.05, 0) is 42.8 Å². The molecule has 0 saturated carbocycles. The van der Waals surface area contributed by atoms with Gasteiger partial charge in [-0.1, -0.05) is 17.7 Å². The second-order valence-corrected chi connectivity index (χ2v) is 4.06. The van der Waals surface area contributed by atoms with Gasteiger partial charge >= 0.3 is 5.97 Å². The van der Waals surface area contributed by atoms with Gasteiger partial charge in [-0.25, -0.2) is 9.78 Å². The summed E-state index contributed by atoms with van der Waals surface area (Å²) in [6.45, 7) is 2.15. The van der Waals surface area contributed by atoms with E-state index >= 15 is 0 Å². The minimum atomic E-state index is -0.341. The van der Waals surface area contributed by atoms with Gasteiger partial charge in [0, 0.05) is 11.5 Å². The Balaban J connectivity index is 2.25. The van der Waals surface area contributed by atoms with Crippen molar-refractivity contribution in [2.24, 2.45) is 0 Å². The first-order valence-corrected chi connectivity index (χ1v) is 5.98. The highest BCUT2D eigenvalue weighted by molar-refractivity contribution is 6.29. The summed E-state index contributed by atoms with van der Waals surface area (Å²) in [5.41, 5.74) is 1.75. The molecule has 2 aromatic rings. The van der Waals surface area contributed by atoms with E-state index < -0.39 is 0 Å². The number of pyridine rings is 1. The first-order chi connectivity index (χ1) is 8.69. The third-order valence-corrected chi connectivity index (χ3v) is 2.59. The Hall–Kier alpha value is -1.87. The second kappa shape index (κ2) is 5.65. The number of rotatable bonds is 3. The number of nitrogens with zero attached hydrogens (tertiary/aromatic N) is 1. The smallest absolute Gasteiger partial charge is 0.330 e. The fraction of sp³-hybridized carbons (Fsp3) is 0.143. The maximum absolute atomic E-state index is 11.2. The van der Waals surface area contributed by atoms with Crippen LogP contribution in [0.1, 0.15) is 12.5 Å². The summed E-state index contributed by atoms with van der Waals surface area (Å²) in [5.74, 6) is -0.341. The molecule has 0 N–H and O–H groups in total. The maximum Gasteiger partial charge on any atom is 0.330 e. The van der Waals surface area contributed by atoms with Crippen molar-refractivity contribution in [1.29, 1.82) is 0 Å². The molecule has 0 aliphatic rings. The van der Waals surface area contributed by atoms with E-state index in [9.17, 15) is 4.79 Å². The minimum absolute atomic E-state index is 0.341. The monoisotopic (exact) mass is 261 g/mol. The number of hydrogen-bond donors (Lipinski definition) is 0. The predicted octanol–water partition coefficient (Wildman–Crippen LogP) is 3.46. The molecule has 0 fully saturated rings. The predicted molar refractivity (Wildman–Crippen MR) is 72.4 cm³/mol. The standard InChI is InChI=1S/C14H12ClNO2/c1-2-18-14(17)8-4-10-3-6-12-11(9-10)5-7-13(15)16-12/h3-9H,2H2,1H3. The van der Waals surface area contributed by atoms with E-state index in [1.807, 2.05) is 24.3 Å². The Morgan fingerprint density at radius 1 is 1.39 bits per heavy atom. The van der Waals surface area contributed by atoms with Crippen molar-refractivity contribution in [3.8, 4) is 0 Å². The van der Waals surface area contributed by atoms with E-state index in [4.69, 9.17) is 16.3 Å². The molecular weight excluding hydrogens is 250 g/mol. The van der Waals surface area contributed by atoms with Gasteiger partial charge in [0.2, 0.25) is 0 Å². The molecule has 3 nitrogen and oxygen atoms in total. The fourth-order valence-electron chi connectivity index (χ4n) is 1.58. The van der Waals surface area contributed by atoms with Crippen LogP contribution in [0.5, 0.6) is 0 Å². The Labute approximate surface area is 110 Å². The summed E-state index contributed by atoms with van der Waals surface area (Å²) in [5, 5.41) is 1.45. The number of benzene rings is 1. The van der Waals surface area contributed by atoms with E-state index in [0.29, 0.717) is 11.8 Å². The molecule has 0 atom stereocenters. The van der Waals surface area contributed by atoms with Crippen molar-refractivity contribution in [2.75, 3.05) is 6.61 Å². The number of aromatic nitrogens is 1. The molecule has 2 rings (SSSR count). The zero-order valence-corrected chi connectivity index (χ0v) is 10.6. The lowest BCUT2D eigenvalue weighted by Gasteiger charge is -2.00. The Kier molecular flexibility index (Phi) is 3.95. The maximum atomic E-state index is 11.2. The van der Waals surface area contributed by atoms with Crippen LogP contribution in [0.2, 0.25) is 5.15 Å². The third kappa shape index (κ3) is 3.08. The largest absolute Gasteiger partial charge is 0.463 e. The average molecular weight is 262 g/mol. The van der Waals surface area contributed by atoms with Crippen LogP contribution in [0.25, 0.3) is 17.0 Å². The van der Waals surface area contributed by atoms with E-state index in [0.717, 1.165) is 16.5 Å². The Morgan fingerprint density at radius 2 is 2.22 bits per heavy atom. The van der Waals surface area contributed by atoms with Gasteiger partial charge in [-0.3, -0.25) is 0 Å². The summed E-state index contributed by atoms with van der Waals surface area (Å²) < 4.78 is 4.81. The number of carbonyl (C=O) groups excluding carboxylic acids is 1. The molecule has 92 valence electrons. The van der Waals surface area contributed by atoms with Crippen LogP contribution in [0.15, 0.2) is 36.4 Å². The average Bonchev–Trinajstić information content (AvgIpc) is 2.36. The highest BCUT2D eigenvalue weighted by atomic mass is 35.5. The zero-order chi connectivity index (χ0) is 13.0. The lowest BCUT2D eigenvalue weighted by atomic mass is 10.1. The van der Waals surface area contributed by atoms with Gasteiger partial charge in [0.25, 0.3) is 0 Å². The van der Waals surface area contributed by atoms with Gasteiger partial charge in [0.1, 0.15) is 5.15 Å². The highest BCUT2D eigenvalue weighted by Crippen LogP contribution is 2.17. The van der Waals surface area contributed by atoms with Crippen LogP contribution < -0.4 is 0 Å². The molecule has 0 amide bonds. The topological polar surface area (TPSA) is 39.2 Å². The molecule has 0 aliphatic heterocycles. The van der Waals surface area contributed by atoms with Crippen molar-refractivity contribution in [3.63, 3.8) is 0 Å². The van der Waals surface area contributed by atoms with Crippen molar-refractivity contribution in [1.82, 2.24) is 4.98 Å². The van der Waals surface area contributed by atoms with Crippen LogP contribution in [-0.4, -0.2) is 17.6 Å². The molecule has 1 heterocycles. The summed E-state index contributed by atoms with van der Waals surface area (Å²) in [7, 11) is 0. The molecule has 1 aromatic carbocycles. The van der Waals surface area contributed by atoms with Crippen LogP contribution in [0, 0.1) is 0 Å².